The minimum atomic E-state index is -1.14. The van der Waals surface area contributed by atoms with Crippen LogP contribution < -0.4 is 5.73 Å². The number of allylic oxidation sites excluding steroid dienone is 2. The van der Waals surface area contributed by atoms with E-state index in [1.165, 1.54) is 31.3 Å². The first kappa shape index (κ1) is 64.9. The van der Waals surface area contributed by atoms with Crippen LogP contribution in [-0.4, -0.2) is 107 Å². The molecule has 0 spiro atoms. The summed E-state index contributed by atoms with van der Waals surface area (Å²) in [6.07, 6.45) is 5.47. The topological polar surface area (TPSA) is 145 Å². The van der Waals surface area contributed by atoms with Crippen LogP contribution in [0.5, 0.6) is 0 Å². The Balaban J connectivity index is 0.851. The van der Waals surface area contributed by atoms with Crippen LogP contribution in [0.2, 0.25) is 0 Å². The number of carbonyl (C=O) groups is 1. The number of fused-ring (bicyclic) bond motifs is 7. The Kier molecular flexibility index (Phi) is 19.6. The molecule has 13 unspecified atom stereocenters. The van der Waals surface area contributed by atoms with Gasteiger partial charge in [-0.3, -0.25) is 4.79 Å². The second-order valence-corrected chi connectivity index (χ2v) is 30.2. The molecule has 3 heterocycles. The summed E-state index contributed by atoms with van der Waals surface area (Å²) < 4.78 is 74.7. The Bertz CT molecular complexity index is 2780. The van der Waals surface area contributed by atoms with E-state index >= 15 is 4.79 Å². The molecule has 87 heavy (non-hydrogen) atoms. The standard InChI is InChI=1S/C74H107NO12/c1-14-79-63-62(86-65-48(4)60(81-43-52-28-22-17-23-29-52)56(45-82-65)80-42-51-26-20-16-21-27-51)49(5)83-67(64(63)77-13)85-61-47(3)59(75)55(44-78-41-50-24-18-15-19-25-50)84-66(61)87-68(76)74-38-36-69(6,7)40-54(74)53-30-31-58-71(10)34-32-46(2)70(8,9)57(71)33-35-73(58,12)72(53,11)37-39-74/h15-30,46-49,54-67H,14,31-45,75H2,1-13H3/t46-,47?,48?,49+,54?,55-,56?,57-,58?,59?,60?,61?,62?,63?,64?,65-,66-,67-,71?,72+,73-,74?/m0/s1. The molecule has 8 aliphatic rings. The minimum absolute atomic E-state index is 0.0322. The van der Waals surface area contributed by atoms with Crippen LogP contribution in [0, 0.1) is 68.0 Å². The van der Waals surface area contributed by atoms with Crippen LogP contribution >= 0.6 is 0 Å². The number of rotatable bonds is 19. The molecule has 0 bridgehead atoms. The van der Waals surface area contributed by atoms with Crippen LogP contribution in [-0.2, 0) is 76.7 Å². The fourth-order valence-electron chi connectivity index (χ4n) is 18.7. The van der Waals surface area contributed by atoms with Crippen LogP contribution in [0.3, 0.4) is 0 Å². The summed E-state index contributed by atoms with van der Waals surface area (Å²) in [5, 5.41) is 0. The van der Waals surface area contributed by atoms with Crippen molar-refractivity contribution in [1.82, 2.24) is 0 Å². The van der Waals surface area contributed by atoms with Gasteiger partial charge >= 0.3 is 5.97 Å². The summed E-state index contributed by atoms with van der Waals surface area (Å²) in [7, 11) is 1.64. The highest BCUT2D eigenvalue weighted by Crippen LogP contribution is 2.76. The molecule has 11 rings (SSSR count). The van der Waals surface area contributed by atoms with Gasteiger partial charge in [-0.25, -0.2) is 0 Å². The Morgan fingerprint density at radius 2 is 1.26 bits per heavy atom. The highest BCUT2D eigenvalue weighted by molar-refractivity contribution is 5.79. The van der Waals surface area contributed by atoms with Crippen molar-refractivity contribution in [3.05, 3.63) is 119 Å². The maximum Gasteiger partial charge on any atom is 0.315 e. The number of methoxy groups -OCH3 is 1. The lowest BCUT2D eigenvalue weighted by molar-refractivity contribution is -0.370. The highest BCUT2D eigenvalue weighted by atomic mass is 16.8. The number of benzene rings is 3. The molecular formula is C74H107NO12. The SMILES string of the molecule is CCOC1C(OC)[C@H](OC2C(C)C(N)[C@H](COCc3ccccc3)O[C@H]2OC(=O)C23CCC(C)(C)CC2C2=CCC4C5(C)CC[C@H](C)C(C)(C)[C@@H]5CC[C@]4(C)[C@]2(C)CC3)O[C@H](C)C1O[C@@H]1OCC(OCc2ccccc2)C(OCc2ccccc2)C1C. The lowest BCUT2D eigenvalue weighted by Crippen LogP contribution is -2.66. The number of hydrogen-bond donors (Lipinski definition) is 1. The summed E-state index contributed by atoms with van der Waals surface area (Å²) in [5.74, 6) is 1.20. The molecule has 0 radical (unpaired) electrons. The monoisotopic (exact) mass is 1200 g/mol. The van der Waals surface area contributed by atoms with Gasteiger partial charge in [0, 0.05) is 31.6 Å². The number of hydrogen-bond acceptors (Lipinski definition) is 13. The number of esters is 1. The minimum Gasteiger partial charge on any atom is -0.432 e. The summed E-state index contributed by atoms with van der Waals surface area (Å²) in [5.41, 5.74) is 11.9. The molecule has 5 aliphatic carbocycles. The van der Waals surface area contributed by atoms with E-state index in [0.29, 0.717) is 43.7 Å². The van der Waals surface area contributed by atoms with Gasteiger partial charge in [0.25, 0.3) is 0 Å². The van der Waals surface area contributed by atoms with Gasteiger partial charge in [0.15, 0.2) is 12.6 Å². The Morgan fingerprint density at radius 3 is 1.92 bits per heavy atom. The zero-order chi connectivity index (χ0) is 61.7. The molecule has 3 aliphatic heterocycles. The normalized spacial score (nSPS) is 42.3. The molecule has 13 heteroatoms. The molecular weight excluding hydrogens is 1090 g/mol. The van der Waals surface area contributed by atoms with E-state index in [2.05, 4.69) is 99.6 Å². The Morgan fingerprint density at radius 1 is 0.632 bits per heavy atom. The fraction of sp³-hybridized carbons (Fsp3) is 0.716. The first-order chi connectivity index (χ1) is 41.6. The van der Waals surface area contributed by atoms with Crippen molar-refractivity contribution in [2.24, 2.45) is 73.7 Å². The zero-order valence-electron chi connectivity index (χ0n) is 54.9. The van der Waals surface area contributed by atoms with Gasteiger partial charge in [0.1, 0.15) is 36.6 Å². The number of carbonyl (C=O) groups excluding carboxylic acids is 1. The van der Waals surface area contributed by atoms with E-state index < -0.39 is 67.0 Å². The van der Waals surface area contributed by atoms with Gasteiger partial charge in [0.05, 0.1) is 50.7 Å². The predicted octanol–water partition coefficient (Wildman–Crippen LogP) is 14.0. The lowest BCUT2D eigenvalue weighted by Gasteiger charge is -2.71. The molecule has 4 saturated carbocycles. The molecule has 480 valence electrons. The Labute approximate surface area is 521 Å². The average molecular weight is 1200 g/mol. The van der Waals surface area contributed by atoms with Gasteiger partial charge in [-0.2, -0.15) is 0 Å². The zero-order valence-corrected chi connectivity index (χ0v) is 54.9. The van der Waals surface area contributed by atoms with Crippen molar-refractivity contribution in [3.8, 4) is 0 Å². The van der Waals surface area contributed by atoms with Gasteiger partial charge < -0.3 is 57.8 Å². The third kappa shape index (κ3) is 12.4. The van der Waals surface area contributed by atoms with Gasteiger partial charge in [-0.15, -0.1) is 0 Å². The number of ether oxygens (including phenoxy) is 11. The van der Waals surface area contributed by atoms with Gasteiger partial charge in [0.2, 0.25) is 6.29 Å². The maximum absolute atomic E-state index is 16.1. The Hall–Kier alpha value is -3.57. The van der Waals surface area contributed by atoms with Crippen molar-refractivity contribution in [1.29, 1.82) is 0 Å². The van der Waals surface area contributed by atoms with Crippen LogP contribution in [0.1, 0.15) is 164 Å². The molecule has 7 fully saturated rings. The smallest absolute Gasteiger partial charge is 0.315 e. The van der Waals surface area contributed by atoms with E-state index in [9.17, 15) is 0 Å². The molecule has 0 amide bonds. The molecule has 3 saturated heterocycles. The molecule has 3 aromatic rings. The van der Waals surface area contributed by atoms with E-state index in [4.69, 9.17) is 57.8 Å². The summed E-state index contributed by atoms with van der Waals surface area (Å²) in [4.78, 5) is 16.1. The lowest BCUT2D eigenvalue weighted by atomic mass is 9.33. The van der Waals surface area contributed by atoms with Crippen molar-refractivity contribution >= 4 is 5.97 Å². The third-order valence-electron chi connectivity index (χ3n) is 24.6. The quantitative estimate of drug-likeness (QED) is 0.0899. The first-order valence-electron chi connectivity index (χ1n) is 33.5. The van der Waals surface area contributed by atoms with Crippen molar-refractivity contribution in [2.45, 2.75) is 241 Å². The van der Waals surface area contributed by atoms with Crippen molar-refractivity contribution < 1.29 is 56.9 Å². The molecule has 3 aromatic carbocycles. The van der Waals surface area contributed by atoms with Crippen LogP contribution in [0.25, 0.3) is 0 Å². The van der Waals surface area contributed by atoms with Gasteiger partial charge in [-0.05, 0) is 145 Å². The molecule has 22 atom stereocenters. The number of nitrogens with two attached hydrogens (primary N) is 1. The predicted molar refractivity (Wildman–Crippen MR) is 335 cm³/mol. The third-order valence-corrected chi connectivity index (χ3v) is 24.6. The highest BCUT2D eigenvalue weighted by Gasteiger charge is 2.70. The maximum atomic E-state index is 16.1. The van der Waals surface area contributed by atoms with Crippen molar-refractivity contribution in [2.75, 3.05) is 26.9 Å². The fourth-order valence-corrected chi connectivity index (χ4v) is 18.7. The molecule has 13 nitrogen and oxygen atoms in total. The summed E-state index contributed by atoms with van der Waals surface area (Å²) in [6, 6.07) is 29.9. The van der Waals surface area contributed by atoms with Crippen LogP contribution in [0.15, 0.2) is 103 Å². The molecule has 2 N–H and O–H groups in total. The molecule has 0 aromatic heterocycles. The largest absolute Gasteiger partial charge is 0.432 e. The van der Waals surface area contributed by atoms with E-state index in [-0.39, 0.29) is 70.8 Å². The van der Waals surface area contributed by atoms with Gasteiger partial charge in [-0.1, -0.05) is 172 Å². The van der Waals surface area contributed by atoms with E-state index in [1.54, 1.807) is 7.11 Å². The van der Waals surface area contributed by atoms with Crippen molar-refractivity contribution in [3.63, 3.8) is 0 Å². The van der Waals surface area contributed by atoms with E-state index in [1.807, 2.05) is 80.6 Å². The van der Waals surface area contributed by atoms with Crippen LogP contribution in [0.4, 0.5) is 0 Å². The average Bonchev–Trinajstić information content (AvgIpc) is 0.688. The van der Waals surface area contributed by atoms with E-state index in [0.717, 1.165) is 61.1 Å². The first-order valence-corrected chi connectivity index (χ1v) is 33.5. The second-order valence-electron chi connectivity index (χ2n) is 30.2. The summed E-state index contributed by atoms with van der Waals surface area (Å²) in [6.45, 7) is 30.5. The summed E-state index contributed by atoms with van der Waals surface area (Å²) >= 11 is 0. The second kappa shape index (κ2) is 26.2.